The summed E-state index contributed by atoms with van der Waals surface area (Å²) in [7, 11) is 0. The SMILES string of the molecule is FC(F)(F)c1cccc(-n2ccc(C3OCCN3Cc3ccco3)c2)c1. The van der Waals surface area contributed by atoms with Gasteiger partial charge in [0.25, 0.3) is 0 Å². The number of rotatable bonds is 4. The summed E-state index contributed by atoms with van der Waals surface area (Å²) in [5.41, 5.74) is 0.690. The lowest BCUT2D eigenvalue weighted by Crippen LogP contribution is -2.22. The van der Waals surface area contributed by atoms with Gasteiger partial charge in [-0.1, -0.05) is 6.07 Å². The molecule has 0 aliphatic carbocycles. The van der Waals surface area contributed by atoms with Gasteiger partial charge in [0, 0.05) is 30.2 Å². The topological polar surface area (TPSA) is 30.5 Å². The van der Waals surface area contributed by atoms with Gasteiger partial charge in [-0.25, -0.2) is 0 Å². The number of aromatic nitrogens is 1. The third kappa shape index (κ3) is 3.40. The Kier molecular flexibility index (Phi) is 4.34. The van der Waals surface area contributed by atoms with Gasteiger partial charge in [0.2, 0.25) is 0 Å². The van der Waals surface area contributed by atoms with Crippen LogP contribution in [0.15, 0.2) is 65.5 Å². The molecule has 26 heavy (non-hydrogen) atoms. The van der Waals surface area contributed by atoms with Gasteiger partial charge < -0.3 is 13.7 Å². The van der Waals surface area contributed by atoms with Crippen molar-refractivity contribution < 1.29 is 22.3 Å². The molecular weight excluding hydrogens is 345 g/mol. The Morgan fingerprint density at radius 3 is 2.77 bits per heavy atom. The molecule has 3 heterocycles. The fourth-order valence-electron chi connectivity index (χ4n) is 3.14. The minimum atomic E-state index is -4.36. The van der Waals surface area contributed by atoms with Crippen molar-refractivity contribution in [1.29, 1.82) is 0 Å². The van der Waals surface area contributed by atoms with E-state index in [0.717, 1.165) is 30.0 Å². The molecule has 1 unspecified atom stereocenters. The highest BCUT2D eigenvalue weighted by atomic mass is 19.4. The van der Waals surface area contributed by atoms with Gasteiger partial charge in [0.1, 0.15) is 12.0 Å². The Labute approximate surface area is 148 Å². The maximum atomic E-state index is 12.9. The monoisotopic (exact) mass is 362 g/mol. The van der Waals surface area contributed by atoms with Gasteiger partial charge in [0.15, 0.2) is 0 Å². The van der Waals surface area contributed by atoms with E-state index in [4.69, 9.17) is 9.15 Å². The Balaban J connectivity index is 1.56. The molecule has 1 atom stereocenters. The Hall–Kier alpha value is -2.51. The van der Waals surface area contributed by atoms with E-state index in [1.165, 1.54) is 6.07 Å². The minimum Gasteiger partial charge on any atom is -0.468 e. The van der Waals surface area contributed by atoms with Gasteiger partial charge >= 0.3 is 6.18 Å². The predicted octanol–water partition coefficient (Wildman–Crippen LogP) is 4.62. The number of hydrogen-bond donors (Lipinski definition) is 0. The summed E-state index contributed by atoms with van der Waals surface area (Å²) >= 11 is 0. The fourth-order valence-corrected chi connectivity index (χ4v) is 3.14. The molecular formula is C19H17F3N2O2. The van der Waals surface area contributed by atoms with Crippen LogP contribution < -0.4 is 0 Å². The van der Waals surface area contributed by atoms with Gasteiger partial charge in [0.05, 0.1) is 25.0 Å². The quantitative estimate of drug-likeness (QED) is 0.678. The lowest BCUT2D eigenvalue weighted by Gasteiger charge is -2.21. The summed E-state index contributed by atoms with van der Waals surface area (Å²) in [4.78, 5) is 2.13. The lowest BCUT2D eigenvalue weighted by atomic mass is 10.2. The molecule has 0 N–H and O–H groups in total. The van der Waals surface area contributed by atoms with Crippen LogP contribution >= 0.6 is 0 Å². The highest BCUT2D eigenvalue weighted by Gasteiger charge is 2.31. The van der Waals surface area contributed by atoms with Gasteiger partial charge in [-0.15, -0.1) is 0 Å². The molecule has 1 aliphatic rings. The zero-order chi connectivity index (χ0) is 18.1. The second-order valence-corrected chi connectivity index (χ2v) is 6.17. The first-order valence-corrected chi connectivity index (χ1v) is 8.24. The third-order valence-electron chi connectivity index (χ3n) is 4.40. The number of ether oxygens (including phenoxy) is 1. The number of alkyl halides is 3. The predicted molar refractivity (Wildman–Crippen MR) is 88.6 cm³/mol. The molecule has 136 valence electrons. The van der Waals surface area contributed by atoms with Crippen molar-refractivity contribution in [3.63, 3.8) is 0 Å². The van der Waals surface area contributed by atoms with Crippen LogP contribution in [0.3, 0.4) is 0 Å². The lowest BCUT2D eigenvalue weighted by molar-refractivity contribution is -0.137. The average Bonchev–Trinajstić information content (AvgIpc) is 3.36. The molecule has 0 spiro atoms. The third-order valence-corrected chi connectivity index (χ3v) is 4.40. The van der Waals surface area contributed by atoms with Crippen LogP contribution in [0.5, 0.6) is 0 Å². The number of benzene rings is 1. The first kappa shape index (κ1) is 16.9. The molecule has 1 fully saturated rings. The highest BCUT2D eigenvalue weighted by molar-refractivity contribution is 5.38. The van der Waals surface area contributed by atoms with E-state index in [2.05, 4.69) is 4.90 Å². The smallest absolute Gasteiger partial charge is 0.416 e. The zero-order valence-corrected chi connectivity index (χ0v) is 13.8. The van der Waals surface area contributed by atoms with Crippen LogP contribution in [0.1, 0.15) is 23.1 Å². The molecule has 7 heteroatoms. The molecule has 0 bridgehead atoms. The van der Waals surface area contributed by atoms with Crippen molar-refractivity contribution in [1.82, 2.24) is 9.47 Å². The second-order valence-electron chi connectivity index (χ2n) is 6.17. The Morgan fingerprint density at radius 2 is 2.00 bits per heavy atom. The maximum Gasteiger partial charge on any atom is 0.416 e. The molecule has 1 aromatic carbocycles. The van der Waals surface area contributed by atoms with Crippen LogP contribution in [0, 0.1) is 0 Å². The Bertz CT molecular complexity index is 871. The van der Waals surface area contributed by atoms with E-state index in [9.17, 15) is 13.2 Å². The van der Waals surface area contributed by atoms with E-state index >= 15 is 0 Å². The largest absolute Gasteiger partial charge is 0.468 e. The normalized spacial score (nSPS) is 18.5. The van der Waals surface area contributed by atoms with Crippen LogP contribution in [-0.2, 0) is 17.5 Å². The number of hydrogen-bond acceptors (Lipinski definition) is 3. The molecule has 4 nitrogen and oxygen atoms in total. The molecule has 3 aromatic rings. The standard InChI is InChI=1S/C19H17F3N2O2/c20-19(21,22)15-3-1-4-16(11-15)23-7-6-14(12-23)18-24(8-10-26-18)13-17-5-2-9-25-17/h1-7,9,11-12,18H,8,10,13H2. The number of halogens is 3. The van der Waals surface area contributed by atoms with Crippen molar-refractivity contribution in [2.24, 2.45) is 0 Å². The molecule has 0 saturated carbocycles. The van der Waals surface area contributed by atoms with E-state index in [-0.39, 0.29) is 6.23 Å². The number of nitrogens with zero attached hydrogens (tertiary/aromatic N) is 2. The van der Waals surface area contributed by atoms with E-state index in [1.54, 1.807) is 29.3 Å². The van der Waals surface area contributed by atoms with Crippen molar-refractivity contribution in [3.05, 3.63) is 78.0 Å². The van der Waals surface area contributed by atoms with E-state index in [1.807, 2.05) is 18.2 Å². The van der Waals surface area contributed by atoms with Crippen LogP contribution in [0.25, 0.3) is 5.69 Å². The van der Waals surface area contributed by atoms with Crippen molar-refractivity contribution in [3.8, 4) is 5.69 Å². The van der Waals surface area contributed by atoms with E-state index < -0.39 is 11.7 Å². The summed E-state index contributed by atoms with van der Waals surface area (Å²) in [6, 6.07) is 10.9. The molecule has 0 radical (unpaired) electrons. The summed E-state index contributed by atoms with van der Waals surface area (Å²) in [5.74, 6) is 0.845. The fraction of sp³-hybridized carbons (Fsp3) is 0.263. The molecule has 2 aromatic heterocycles. The van der Waals surface area contributed by atoms with Gasteiger partial charge in [-0.3, -0.25) is 4.90 Å². The minimum absolute atomic E-state index is 0.243. The van der Waals surface area contributed by atoms with Crippen LogP contribution in [-0.4, -0.2) is 22.6 Å². The first-order valence-electron chi connectivity index (χ1n) is 8.24. The number of furan rings is 1. The van der Waals surface area contributed by atoms with Gasteiger partial charge in [-0.05, 0) is 36.4 Å². The van der Waals surface area contributed by atoms with Crippen molar-refractivity contribution in [2.45, 2.75) is 18.9 Å². The maximum absolute atomic E-state index is 12.9. The molecule has 4 rings (SSSR count). The van der Waals surface area contributed by atoms with Gasteiger partial charge in [-0.2, -0.15) is 13.2 Å². The summed E-state index contributed by atoms with van der Waals surface area (Å²) < 4.78 is 51.7. The van der Waals surface area contributed by atoms with Crippen molar-refractivity contribution >= 4 is 0 Å². The van der Waals surface area contributed by atoms with Crippen molar-refractivity contribution in [2.75, 3.05) is 13.2 Å². The Morgan fingerprint density at radius 1 is 1.12 bits per heavy atom. The molecule has 1 saturated heterocycles. The molecule has 1 aliphatic heterocycles. The summed E-state index contributed by atoms with van der Waals surface area (Å²) in [6.45, 7) is 1.98. The van der Waals surface area contributed by atoms with Crippen LogP contribution in [0.4, 0.5) is 13.2 Å². The summed E-state index contributed by atoms with van der Waals surface area (Å²) in [5, 5.41) is 0. The average molecular weight is 362 g/mol. The van der Waals surface area contributed by atoms with E-state index in [0.29, 0.717) is 18.8 Å². The highest BCUT2D eigenvalue weighted by Crippen LogP contribution is 2.32. The summed E-state index contributed by atoms with van der Waals surface area (Å²) in [6.07, 6.45) is 0.580. The second kappa shape index (κ2) is 6.66. The zero-order valence-electron chi connectivity index (χ0n) is 13.8. The molecule has 0 amide bonds. The van der Waals surface area contributed by atoms with Crippen LogP contribution in [0.2, 0.25) is 0 Å². The first-order chi connectivity index (χ1) is 12.5.